The van der Waals surface area contributed by atoms with Crippen LogP contribution < -0.4 is 0 Å². The van der Waals surface area contributed by atoms with Gasteiger partial charge in [-0.25, -0.2) is 4.39 Å². The van der Waals surface area contributed by atoms with Gasteiger partial charge in [-0.05, 0) is 24.6 Å². The third-order valence-corrected chi connectivity index (χ3v) is 1.72. The Morgan fingerprint density at radius 2 is 2.08 bits per heavy atom. The molecule has 1 nitrogen and oxygen atoms in total. The van der Waals surface area contributed by atoms with E-state index in [-0.39, 0.29) is 5.82 Å². The van der Waals surface area contributed by atoms with Gasteiger partial charge in [0.05, 0.1) is 6.54 Å². The summed E-state index contributed by atoms with van der Waals surface area (Å²) >= 11 is 0. The Morgan fingerprint density at radius 3 is 2.62 bits per heavy atom. The van der Waals surface area contributed by atoms with Gasteiger partial charge in [0, 0.05) is 5.71 Å². The van der Waals surface area contributed by atoms with Gasteiger partial charge in [0.15, 0.2) is 0 Å². The van der Waals surface area contributed by atoms with E-state index >= 15 is 0 Å². The van der Waals surface area contributed by atoms with E-state index in [2.05, 4.69) is 11.6 Å². The molecular weight excluding hydrogens is 165 g/mol. The van der Waals surface area contributed by atoms with Crippen LogP contribution >= 0.6 is 0 Å². The minimum atomic E-state index is -0.222. The standard InChI is InChI=1S/C11H12FN/c1-3-8-13-9(2)10-4-6-11(12)7-5-10/h3-7H,1,8H2,2H3. The van der Waals surface area contributed by atoms with Crippen molar-refractivity contribution in [1.82, 2.24) is 0 Å². The Kier molecular flexibility index (Phi) is 3.38. The summed E-state index contributed by atoms with van der Waals surface area (Å²) in [5.74, 6) is -0.222. The first-order chi connectivity index (χ1) is 6.24. The van der Waals surface area contributed by atoms with Gasteiger partial charge in [-0.1, -0.05) is 18.2 Å². The fourth-order valence-electron chi connectivity index (χ4n) is 0.984. The zero-order valence-electron chi connectivity index (χ0n) is 7.63. The van der Waals surface area contributed by atoms with Crippen molar-refractivity contribution in [3.63, 3.8) is 0 Å². The molecule has 0 unspecified atom stereocenters. The second kappa shape index (κ2) is 4.55. The van der Waals surface area contributed by atoms with Crippen LogP contribution in [0.15, 0.2) is 41.9 Å². The van der Waals surface area contributed by atoms with Crippen molar-refractivity contribution in [3.05, 3.63) is 48.3 Å². The van der Waals surface area contributed by atoms with Crippen molar-refractivity contribution in [2.45, 2.75) is 6.92 Å². The van der Waals surface area contributed by atoms with Crippen LogP contribution in [0.5, 0.6) is 0 Å². The van der Waals surface area contributed by atoms with Crippen LogP contribution in [0.1, 0.15) is 12.5 Å². The van der Waals surface area contributed by atoms with Gasteiger partial charge in [0.1, 0.15) is 5.82 Å². The lowest BCUT2D eigenvalue weighted by Crippen LogP contribution is -1.95. The number of hydrogen-bond donors (Lipinski definition) is 0. The topological polar surface area (TPSA) is 12.4 Å². The lowest BCUT2D eigenvalue weighted by atomic mass is 10.1. The number of rotatable bonds is 3. The molecule has 0 aromatic heterocycles. The van der Waals surface area contributed by atoms with Crippen LogP contribution in [0.25, 0.3) is 0 Å². The van der Waals surface area contributed by atoms with Gasteiger partial charge >= 0.3 is 0 Å². The molecule has 0 aliphatic rings. The molecule has 2 heteroatoms. The second-order valence-electron chi connectivity index (χ2n) is 2.72. The van der Waals surface area contributed by atoms with Gasteiger partial charge < -0.3 is 0 Å². The molecule has 1 aromatic rings. The molecule has 68 valence electrons. The average molecular weight is 177 g/mol. The van der Waals surface area contributed by atoms with E-state index in [0.29, 0.717) is 6.54 Å². The van der Waals surface area contributed by atoms with E-state index in [9.17, 15) is 4.39 Å². The average Bonchev–Trinajstić information content (AvgIpc) is 2.15. The third kappa shape index (κ3) is 2.82. The predicted octanol–water partition coefficient (Wildman–Crippen LogP) is 2.82. The molecule has 0 heterocycles. The van der Waals surface area contributed by atoms with Crippen molar-refractivity contribution in [2.75, 3.05) is 6.54 Å². The Balaban J connectivity index is 2.82. The summed E-state index contributed by atoms with van der Waals surface area (Å²) in [5, 5.41) is 0. The smallest absolute Gasteiger partial charge is 0.123 e. The van der Waals surface area contributed by atoms with E-state index < -0.39 is 0 Å². The molecule has 0 aliphatic carbocycles. The molecule has 0 radical (unpaired) electrons. The van der Waals surface area contributed by atoms with Crippen molar-refractivity contribution >= 4 is 5.71 Å². The maximum atomic E-state index is 12.5. The number of hydrogen-bond acceptors (Lipinski definition) is 1. The highest BCUT2D eigenvalue weighted by atomic mass is 19.1. The molecule has 0 spiro atoms. The maximum absolute atomic E-state index is 12.5. The molecule has 0 atom stereocenters. The summed E-state index contributed by atoms with van der Waals surface area (Å²) in [5.41, 5.74) is 1.85. The van der Waals surface area contributed by atoms with Crippen molar-refractivity contribution in [3.8, 4) is 0 Å². The first-order valence-electron chi connectivity index (χ1n) is 4.12. The third-order valence-electron chi connectivity index (χ3n) is 1.72. The summed E-state index contributed by atoms with van der Waals surface area (Å²) in [4.78, 5) is 4.22. The van der Waals surface area contributed by atoms with Gasteiger partial charge in [-0.15, -0.1) is 6.58 Å². The van der Waals surface area contributed by atoms with Crippen molar-refractivity contribution < 1.29 is 4.39 Å². The van der Waals surface area contributed by atoms with E-state index in [1.165, 1.54) is 12.1 Å². The highest BCUT2D eigenvalue weighted by molar-refractivity contribution is 5.98. The van der Waals surface area contributed by atoms with Gasteiger partial charge in [-0.2, -0.15) is 0 Å². The molecule has 13 heavy (non-hydrogen) atoms. The molecule has 1 rings (SSSR count). The Bertz CT molecular complexity index is 311. The molecule has 0 aliphatic heterocycles. The quantitative estimate of drug-likeness (QED) is 0.497. The summed E-state index contributed by atoms with van der Waals surface area (Å²) < 4.78 is 12.5. The molecule has 0 N–H and O–H groups in total. The number of halogens is 1. The first-order valence-corrected chi connectivity index (χ1v) is 4.12. The second-order valence-corrected chi connectivity index (χ2v) is 2.72. The van der Waals surface area contributed by atoms with E-state index in [1.807, 2.05) is 6.92 Å². The van der Waals surface area contributed by atoms with Crippen LogP contribution in [0, 0.1) is 5.82 Å². The van der Waals surface area contributed by atoms with Crippen LogP contribution in [0.2, 0.25) is 0 Å². The Morgan fingerprint density at radius 1 is 1.46 bits per heavy atom. The van der Waals surface area contributed by atoms with Gasteiger partial charge in [0.25, 0.3) is 0 Å². The SMILES string of the molecule is C=CCN=C(C)c1ccc(F)cc1. The normalized spacial score (nSPS) is 11.4. The van der Waals surface area contributed by atoms with Crippen molar-refractivity contribution in [1.29, 1.82) is 0 Å². The van der Waals surface area contributed by atoms with Gasteiger partial charge in [0.2, 0.25) is 0 Å². The van der Waals surface area contributed by atoms with E-state index in [0.717, 1.165) is 11.3 Å². The first kappa shape index (κ1) is 9.65. The number of nitrogens with zero attached hydrogens (tertiary/aromatic N) is 1. The summed E-state index contributed by atoms with van der Waals surface area (Å²) in [6.45, 7) is 6.07. The monoisotopic (exact) mass is 177 g/mol. The fourth-order valence-corrected chi connectivity index (χ4v) is 0.984. The summed E-state index contributed by atoms with van der Waals surface area (Å²) in [6, 6.07) is 6.30. The van der Waals surface area contributed by atoms with E-state index in [1.54, 1.807) is 18.2 Å². The number of aliphatic imine (C=N–C) groups is 1. The minimum Gasteiger partial charge on any atom is -0.285 e. The zero-order valence-corrected chi connectivity index (χ0v) is 7.63. The highest BCUT2D eigenvalue weighted by Crippen LogP contribution is 2.04. The molecule has 1 aromatic carbocycles. The van der Waals surface area contributed by atoms with Crippen LogP contribution in [-0.2, 0) is 0 Å². The predicted molar refractivity (Wildman–Crippen MR) is 53.7 cm³/mol. The zero-order chi connectivity index (χ0) is 9.68. The molecule has 0 amide bonds. The van der Waals surface area contributed by atoms with Gasteiger partial charge in [-0.3, -0.25) is 4.99 Å². The molecule has 0 fully saturated rings. The maximum Gasteiger partial charge on any atom is 0.123 e. The minimum absolute atomic E-state index is 0.222. The Labute approximate surface area is 77.6 Å². The van der Waals surface area contributed by atoms with Crippen LogP contribution in [-0.4, -0.2) is 12.3 Å². The lowest BCUT2D eigenvalue weighted by molar-refractivity contribution is 0.628. The van der Waals surface area contributed by atoms with Crippen LogP contribution in [0.3, 0.4) is 0 Å². The molecular formula is C11H12FN. The van der Waals surface area contributed by atoms with Crippen LogP contribution in [0.4, 0.5) is 4.39 Å². The lowest BCUT2D eigenvalue weighted by Gasteiger charge is -1.99. The summed E-state index contributed by atoms with van der Waals surface area (Å²) in [7, 11) is 0. The van der Waals surface area contributed by atoms with E-state index in [4.69, 9.17) is 0 Å². The molecule has 0 bridgehead atoms. The largest absolute Gasteiger partial charge is 0.285 e. The highest BCUT2D eigenvalue weighted by Gasteiger charge is 1.95. The molecule has 0 saturated heterocycles. The summed E-state index contributed by atoms with van der Waals surface area (Å²) in [6.07, 6.45) is 1.73. The molecule has 0 saturated carbocycles. The van der Waals surface area contributed by atoms with Crippen molar-refractivity contribution in [2.24, 2.45) is 4.99 Å². The fraction of sp³-hybridized carbons (Fsp3) is 0.182. The number of benzene rings is 1. The Hall–Kier alpha value is -1.44.